The van der Waals surface area contributed by atoms with Crippen molar-refractivity contribution in [3.63, 3.8) is 0 Å². The van der Waals surface area contributed by atoms with Crippen LogP contribution in [0.25, 0.3) is 0 Å². The van der Waals surface area contributed by atoms with Crippen molar-refractivity contribution in [2.75, 3.05) is 30.8 Å². The summed E-state index contributed by atoms with van der Waals surface area (Å²) in [7, 11) is 1.49. The molecule has 3 rings (SSSR count). The van der Waals surface area contributed by atoms with E-state index in [1.54, 1.807) is 23.1 Å². The van der Waals surface area contributed by atoms with Gasteiger partial charge in [0.1, 0.15) is 5.02 Å². The molecule has 0 saturated carbocycles. The summed E-state index contributed by atoms with van der Waals surface area (Å²) < 4.78 is 5.10. The molecule has 1 aliphatic rings. The van der Waals surface area contributed by atoms with Crippen LogP contribution in [0.4, 0.5) is 11.6 Å². The lowest BCUT2D eigenvalue weighted by molar-refractivity contribution is -0.111. The van der Waals surface area contributed by atoms with E-state index in [1.807, 2.05) is 6.92 Å². The number of aromatic nitrogens is 2. The molecular formula is C20H22ClN5O3. The van der Waals surface area contributed by atoms with Gasteiger partial charge in [0.05, 0.1) is 13.3 Å². The molecule has 1 aromatic carbocycles. The van der Waals surface area contributed by atoms with Crippen molar-refractivity contribution in [1.29, 1.82) is 0 Å². The van der Waals surface area contributed by atoms with E-state index in [9.17, 15) is 9.59 Å². The number of halogens is 1. The number of benzene rings is 1. The minimum Gasteiger partial charge on any atom is -0.480 e. The Labute approximate surface area is 173 Å². The lowest BCUT2D eigenvalue weighted by Gasteiger charge is -2.18. The van der Waals surface area contributed by atoms with Crippen molar-refractivity contribution in [2.24, 2.45) is 0 Å². The summed E-state index contributed by atoms with van der Waals surface area (Å²) in [5.74, 6) is 0.355. The third-order valence-electron chi connectivity index (χ3n) is 4.63. The molecule has 29 heavy (non-hydrogen) atoms. The largest absolute Gasteiger partial charge is 0.480 e. The highest BCUT2D eigenvalue weighted by atomic mass is 35.5. The Morgan fingerprint density at radius 2 is 2.21 bits per heavy atom. The maximum atomic E-state index is 12.9. The number of methoxy groups -OCH3 is 1. The minimum atomic E-state index is -0.290. The Bertz CT molecular complexity index is 950. The van der Waals surface area contributed by atoms with Crippen molar-refractivity contribution in [1.82, 2.24) is 14.9 Å². The first-order valence-electron chi connectivity index (χ1n) is 9.07. The number of aryl methyl sites for hydroxylation is 1. The molecule has 1 unspecified atom stereocenters. The van der Waals surface area contributed by atoms with Crippen LogP contribution < -0.4 is 15.4 Å². The summed E-state index contributed by atoms with van der Waals surface area (Å²) in [5.41, 5.74) is 2.03. The molecule has 2 amide bonds. The third kappa shape index (κ3) is 4.83. The molecule has 0 aliphatic carbocycles. The Balaban J connectivity index is 1.64. The molecule has 152 valence electrons. The quantitative estimate of drug-likeness (QED) is 0.704. The first kappa shape index (κ1) is 20.6. The van der Waals surface area contributed by atoms with Crippen LogP contribution in [-0.4, -0.2) is 52.9 Å². The zero-order chi connectivity index (χ0) is 21.0. The summed E-state index contributed by atoms with van der Waals surface area (Å²) >= 11 is 5.95. The van der Waals surface area contributed by atoms with E-state index in [1.165, 1.54) is 19.4 Å². The minimum absolute atomic E-state index is 0.0251. The van der Waals surface area contributed by atoms with Crippen molar-refractivity contribution < 1.29 is 14.3 Å². The summed E-state index contributed by atoms with van der Waals surface area (Å²) in [6.07, 6.45) is 3.45. The molecular weight excluding hydrogens is 394 g/mol. The van der Waals surface area contributed by atoms with Crippen molar-refractivity contribution in [3.8, 4) is 5.88 Å². The van der Waals surface area contributed by atoms with E-state index in [4.69, 9.17) is 16.3 Å². The predicted molar refractivity (Wildman–Crippen MR) is 112 cm³/mol. The fraction of sp³-hybridized carbons (Fsp3) is 0.300. The van der Waals surface area contributed by atoms with E-state index < -0.39 is 0 Å². The highest BCUT2D eigenvalue weighted by Gasteiger charge is 2.27. The topological polar surface area (TPSA) is 96.5 Å². The van der Waals surface area contributed by atoms with Crippen LogP contribution in [0.15, 0.2) is 37.1 Å². The van der Waals surface area contributed by atoms with Gasteiger partial charge in [-0.1, -0.05) is 18.2 Å². The molecule has 1 atom stereocenters. The van der Waals surface area contributed by atoms with E-state index >= 15 is 0 Å². The number of carbonyl (C=O) groups is 2. The van der Waals surface area contributed by atoms with E-state index in [0.29, 0.717) is 41.2 Å². The summed E-state index contributed by atoms with van der Waals surface area (Å²) in [6.45, 7) is 6.43. The number of anilines is 2. The second-order valence-electron chi connectivity index (χ2n) is 6.66. The fourth-order valence-electron chi connectivity index (χ4n) is 3.11. The number of likely N-dealkylation sites (tertiary alicyclic amines) is 1. The highest BCUT2D eigenvalue weighted by Crippen LogP contribution is 2.23. The lowest BCUT2D eigenvalue weighted by atomic mass is 10.1. The number of carbonyl (C=O) groups excluding carboxylic acids is 2. The van der Waals surface area contributed by atoms with E-state index in [2.05, 4.69) is 27.2 Å². The number of nitrogens with one attached hydrogen (secondary N) is 2. The van der Waals surface area contributed by atoms with Crippen LogP contribution in [0, 0.1) is 6.92 Å². The van der Waals surface area contributed by atoms with Crippen molar-refractivity contribution >= 4 is 35.1 Å². The SMILES string of the molecule is C=CC(=O)Nc1ccc(C(=O)N2CCC(Nc3ncc(Cl)c(OC)n3)C2)cc1C. The normalized spacial score (nSPS) is 15.7. The van der Waals surface area contributed by atoms with Gasteiger partial charge in [0.25, 0.3) is 5.91 Å². The maximum absolute atomic E-state index is 12.9. The van der Waals surface area contributed by atoms with Crippen LogP contribution in [-0.2, 0) is 4.79 Å². The molecule has 0 bridgehead atoms. The van der Waals surface area contributed by atoms with Gasteiger partial charge in [0, 0.05) is 30.4 Å². The van der Waals surface area contributed by atoms with Gasteiger partial charge < -0.3 is 20.3 Å². The van der Waals surface area contributed by atoms with Gasteiger partial charge in [-0.25, -0.2) is 4.98 Å². The molecule has 0 radical (unpaired) electrons. The summed E-state index contributed by atoms with van der Waals surface area (Å²) in [5, 5.41) is 6.27. The third-order valence-corrected chi connectivity index (χ3v) is 4.89. The molecule has 1 aromatic heterocycles. The van der Waals surface area contributed by atoms with Crippen LogP contribution in [0.3, 0.4) is 0 Å². The molecule has 2 N–H and O–H groups in total. The molecule has 2 heterocycles. The molecule has 9 heteroatoms. The number of hydrogen-bond donors (Lipinski definition) is 2. The Morgan fingerprint density at radius 3 is 2.90 bits per heavy atom. The molecule has 1 fully saturated rings. The molecule has 1 aliphatic heterocycles. The second kappa shape index (κ2) is 8.91. The van der Waals surface area contributed by atoms with Crippen LogP contribution in [0.1, 0.15) is 22.3 Å². The average molecular weight is 416 g/mol. The lowest BCUT2D eigenvalue weighted by Crippen LogP contribution is -2.32. The second-order valence-corrected chi connectivity index (χ2v) is 7.06. The van der Waals surface area contributed by atoms with Gasteiger partial charge in [-0.15, -0.1) is 0 Å². The average Bonchev–Trinajstić information content (AvgIpc) is 3.18. The molecule has 1 saturated heterocycles. The Hall–Kier alpha value is -3.13. The fourth-order valence-corrected chi connectivity index (χ4v) is 3.28. The van der Waals surface area contributed by atoms with Gasteiger partial charge >= 0.3 is 0 Å². The smallest absolute Gasteiger partial charge is 0.253 e. The zero-order valence-corrected chi connectivity index (χ0v) is 17.0. The van der Waals surface area contributed by atoms with Gasteiger partial charge in [-0.3, -0.25) is 9.59 Å². The van der Waals surface area contributed by atoms with Crippen molar-refractivity contribution in [3.05, 3.63) is 53.2 Å². The van der Waals surface area contributed by atoms with E-state index in [-0.39, 0.29) is 17.9 Å². The summed E-state index contributed by atoms with van der Waals surface area (Å²) in [6, 6.07) is 5.23. The Kier molecular flexibility index (Phi) is 6.33. The van der Waals surface area contributed by atoms with E-state index in [0.717, 1.165) is 12.0 Å². The highest BCUT2D eigenvalue weighted by molar-refractivity contribution is 6.31. The van der Waals surface area contributed by atoms with Crippen LogP contribution in [0.5, 0.6) is 5.88 Å². The summed E-state index contributed by atoms with van der Waals surface area (Å²) in [4.78, 5) is 34.5. The molecule has 8 nitrogen and oxygen atoms in total. The number of rotatable bonds is 6. The van der Waals surface area contributed by atoms with Crippen LogP contribution in [0.2, 0.25) is 5.02 Å². The predicted octanol–water partition coefficient (Wildman–Crippen LogP) is 2.90. The van der Waals surface area contributed by atoms with Gasteiger partial charge in [-0.05, 0) is 43.2 Å². The first-order chi connectivity index (χ1) is 13.9. The van der Waals surface area contributed by atoms with Crippen molar-refractivity contribution in [2.45, 2.75) is 19.4 Å². The molecule has 0 spiro atoms. The molecule has 2 aromatic rings. The number of amides is 2. The van der Waals surface area contributed by atoms with Crippen LogP contribution >= 0.6 is 11.6 Å². The first-order valence-corrected chi connectivity index (χ1v) is 9.45. The number of ether oxygens (including phenoxy) is 1. The monoisotopic (exact) mass is 415 g/mol. The number of nitrogens with zero attached hydrogens (tertiary/aromatic N) is 3. The van der Waals surface area contributed by atoms with Gasteiger partial charge in [0.2, 0.25) is 17.7 Å². The number of hydrogen-bond acceptors (Lipinski definition) is 6. The standard InChI is InChI=1S/C20H22ClN5O3/c1-4-17(27)24-16-6-5-13(9-12(16)2)19(28)26-8-7-14(11-26)23-20-22-10-15(21)18(25-20)29-3/h4-6,9-10,14H,1,7-8,11H2,2-3H3,(H,24,27)(H,22,23,25). The maximum Gasteiger partial charge on any atom is 0.253 e. The Morgan fingerprint density at radius 1 is 1.41 bits per heavy atom. The zero-order valence-electron chi connectivity index (χ0n) is 16.2. The van der Waals surface area contributed by atoms with Gasteiger partial charge in [0.15, 0.2) is 0 Å². The van der Waals surface area contributed by atoms with Gasteiger partial charge in [-0.2, -0.15) is 4.98 Å².